The van der Waals surface area contributed by atoms with Crippen LogP contribution in [0.15, 0.2) is 36.4 Å². The molecule has 4 rings (SSSR count). The van der Waals surface area contributed by atoms with Crippen LogP contribution in [0.4, 0.5) is 5.13 Å². The van der Waals surface area contributed by atoms with E-state index < -0.39 is 0 Å². The highest BCUT2D eigenvalue weighted by molar-refractivity contribution is 7.22. The first-order chi connectivity index (χ1) is 15.1. The fourth-order valence-corrected chi connectivity index (χ4v) is 4.89. The van der Waals surface area contributed by atoms with Gasteiger partial charge in [0.1, 0.15) is 11.3 Å². The van der Waals surface area contributed by atoms with E-state index in [0.717, 1.165) is 60.8 Å². The van der Waals surface area contributed by atoms with E-state index in [9.17, 15) is 4.79 Å². The standard InChI is InChI=1S/C23H26ClN3O3S.ClH/c1-16-4-9-19(29-2)20-21(16)31-23(25-20)27(11-3-10-26-12-14-30-15-13-26)22(28)17-5-7-18(24)8-6-17;/h4-9H,3,10-15H2,1-2H3;1H. The van der Waals surface area contributed by atoms with Gasteiger partial charge in [0.15, 0.2) is 5.13 Å². The second-order valence-electron chi connectivity index (χ2n) is 7.53. The van der Waals surface area contributed by atoms with Crippen LogP contribution in [0.25, 0.3) is 10.2 Å². The fourth-order valence-electron chi connectivity index (χ4n) is 3.69. The van der Waals surface area contributed by atoms with E-state index in [2.05, 4.69) is 4.90 Å². The van der Waals surface area contributed by atoms with Gasteiger partial charge in [0.05, 0.1) is 25.0 Å². The third-order valence-corrected chi connectivity index (χ3v) is 6.90. The maximum absolute atomic E-state index is 13.4. The van der Waals surface area contributed by atoms with Crippen molar-refractivity contribution >= 4 is 56.6 Å². The zero-order chi connectivity index (χ0) is 21.8. The summed E-state index contributed by atoms with van der Waals surface area (Å²) in [6.07, 6.45) is 0.853. The Bertz CT molecular complexity index is 1050. The average Bonchev–Trinajstić information content (AvgIpc) is 3.24. The van der Waals surface area contributed by atoms with Crippen LogP contribution in [0.5, 0.6) is 5.75 Å². The van der Waals surface area contributed by atoms with E-state index in [4.69, 9.17) is 26.1 Å². The Hall–Kier alpha value is -1.90. The number of aryl methyl sites for hydroxylation is 1. The third kappa shape index (κ3) is 5.53. The Morgan fingerprint density at radius 2 is 1.94 bits per heavy atom. The first kappa shape index (κ1) is 24.7. The summed E-state index contributed by atoms with van der Waals surface area (Å²) in [5.74, 6) is 0.643. The predicted octanol–water partition coefficient (Wildman–Crippen LogP) is 5.06. The number of aromatic nitrogens is 1. The van der Waals surface area contributed by atoms with Crippen LogP contribution in [0.1, 0.15) is 22.3 Å². The Labute approximate surface area is 203 Å². The molecule has 0 spiro atoms. The molecule has 1 aliphatic heterocycles. The van der Waals surface area contributed by atoms with Crippen LogP contribution in [0.2, 0.25) is 5.02 Å². The van der Waals surface area contributed by atoms with Gasteiger partial charge in [-0.2, -0.15) is 0 Å². The molecule has 1 aromatic heterocycles. The number of fused-ring (bicyclic) bond motifs is 1. The number of ether oxygens (including phenoxy) is 2. The van der Waals surface area contributed by atoms with Gasteiger partial charge >= 0.3 is 0 Å². The van der Waals surface area contributed by atoms with Gasteiger partial charge in [-0.05, 0) is 49.2 Å². The van der Waals surface area contributed by atoms with E-state index in [1.54, 1.807) is 36.3 Å². The largest absolute Gasteiger partial charge is 0.494 e. The van der Waals surface area contributed by atoms with Crippen molar-refractivity contribution in [3.8, 4) is 5.75 Å². The predicted molar refractivity (Wildman–Crippen MR) is 133 cm³/mol. The Kier molecular flexibility index (Phi) is 8.73. The van der Waals surface area contributed by atoms with Crippen LogP contribution in [-0.2, 0) is 4.74 Å². The topological polar surface area (TPSA) is 54.9 Å². The molecule has 0 unspecified atom stereocenters. The van der Waals surface area contributed by atoms with Gasteiger partial charge in [-0.25, -0.2) is 4.98 Å². The molecule has 1 amide bonds. The molecule has 0 atom stereocenters. The number of hydrogen-bond donors (Lipinski definition) is 0. The number of nitrogens with zero attached hydrogens (tertiary/aromatic N) is 3. The summed E-state index contributed by atoms with van der Waals surface area (Å²) in [7, 11) is 1.64. The number of rotatable bonds is 7. The van der Waals surface area contributed by atoms with E-state index in [1.807, 2.05) is 19.1 Å². The number of amides is 1. The first-order valence-electron chi connectivity index (χ1n) is 10.4. The number of thiazole rings is 1. The smallest absolute Gasteiger partial charge is 0.260 e. The molecule has 2 heterocycles. The molecule has 3 aromatic rings. The molecule has 32 heavy (non-hydrogen) atoms. The van der Waals surface area contributed by atoms with Crippen LogP contribution in [0, 0.1) is 6.92 Å². The summed E-state index contributed by atoms with van der Waals surface area (Å²) >= 11 is 7.55. The van der Waals surface area contributed by atoms with Crippen molar-refractivity contribution < 1.29 is 14.3 Å². The van der Waals surface area contributed by atoms with Gasteiger partial charge in [-0.15, -0.1) is 12.4 Å². The summed E-state index contributed by atoms with van der Waals surface area (Å²) in [6, 6.07) is 11.0. The van der Waals surface area contributed by atoms with Crippen LogP contribution in [0.3, 0.4) is 0 Å². The van der Waals surface area contributed by atoms with Gasteiger partial charge in [-0.3, -0.25) is 14.6 Å². The van der Waals surface area contributed by atoms with Crippen molar-refractivity contribution in [1.82, 2.24) is 9.88 Å². The number of halogens is 2. The minimum atomic E-state index is -0.0747. The van der Waals surface area contributed by atoms with Gasteiger partial charge < -0.3 is 9.47 Å². The lowest BCUT2D eigenvalue weighted by Gasteiger charge is -2.27. The van der Waals surface area contributed by atoms with Crippen LogP contribution in [-0.4, -0.2) is 62.3 Å². The molecule has 0 bridgehead atoms. The molecule has 9 heteroatoms. The van der Waals surface area contributed by atoms with Crippen molar-refractivity contribution in [3.63, 3.8) is 0 Å². The number of carbonyl (C=O) groups excluding carboxylic acids is 1. The molecule has 0 saturated carbocycles. The SMILES string of the molecule is COc1ccc(C)c2sc(N(CCCN3CCOCC3)C(=O)c3ccc(Cl)cc3)nc12.Cl. The zero-order valence-electron chi connectivity index (χ0n) is 18.2. The maximum atomic E-state index is 13.4. The normalized spacial score (nSPS) is 14.2. The van der Waals surface area contributed by atoms with E-state index in [0.29, 0.717) is 22.3 Å². The Balaban J connectivity index is 0.00000289. The van der Waals surface area contributed by atoms with E-state index >= 15 is 0 Å². The summed E-state index contributed by atoms with van der Waals surface area (Å²) in [5, 5.41) is 1.29. The summed E-state index contributed by atoms with van der Waals surface area (Å²) < 4.78 is 12.0. The number of anilines is 1. The Morgan fingerprint density at radius 1 is 1.22 bits per heavy atom. The molecule has 2 aromatic carbocycles. The van der Waals surface area contributed by atoms with Gasteiger partial charge in [0.2, 0.25) is 0 Å². The zero-order valence-corrected chi connectivity index (χ0v) is 20.6. The van der Waals surface area contributed by atoms with E-state index in [-0.39, 0.29) is 18.3 Å². The van der Waals surface area contributed by atoms with Gasteiger partial charge in [-0.1, -0.05) is 29.0 Å². The lowest BCUT2D eigenvalue weighted by molar-refractivity contribution is 0.0376. The average molecular weight is 496 g/mol. The highest BCUT2D eigenvalue weighted by Crippen LogP contribution is 2.37. The van der Waals surface area contributed by atoms with Gasteiger partial charge in [0, 0.05) is 36.8 Å². The molecule has 0 N–H and O–H groups in total. The van der Waals surface area contributed by atoms with Crippen molar-refractivity contribution in [2.24, 2.45) is 0 Å². The highest BCUT2D eigenvalue weighted by atomic mass is 35.5. The first-order valence-corrected chi connectivity index (χ1v) is 11.6. The second-order valence-corrected chi connectivity index (χ2v) is 8.94. The highest BCUT2D eigenvalue weighted by Gasteiger charge is 2.23. The lowest BCUT2D eigenvalue weighted by Crippen LogP contribution is -2.39. The van der Waals surface area contributed by atoms with Crippen molar-refractivity contribution in [2.45, 2.75) is 13.3 Å². The second kappa shape index (κ2) is 11.3. The third-order valence-electron chi connectivity index (χ3n) is 5.44. The van der Waals surface area contributed by atoms with Crippen molar-refractivity contribution in [3.05, 3.63) is 52.5 Å². The number of methoxy groups -OCH3 is 1. The number of benzene rings is 2. The molecule has 1 saturated heterocycles. The molecule has 1 aliphatic rings. The Morgan fingerprint density at radius 3 is 2.62 bits per heavy atom. The molecule has 6 nitrogen and oxygen atoms in total. The summed E-state index contributed by atoms with van der Waals surface area (Å²) in [6.45, 7) is 6.95. The minimum absolute atomic E-state index is 0. The minimum Gasteiger partial charge on any atom is -0.494 e. The molecule has 1 fully saturated rings. The number of morpholine rings is 1. The summed E-state index contributed by atoms with van der Waals surface area (Å²) in [5.41, 5.74) is 2.51. The van der Waals surface area contributed by atoms with Gasteiger partial charge in [0.25, 0.3) is 5.91 Å². The van der Waals surface area contributed by atoms with E-state index in [1.165, 1.54) is 11.3 Å². The molecule has 0 aliphatic carbocycles. The summed E-state index contributed by atoms with van der Waals surface area (Å²) in [4.78, 5) is 22.4. The van der Waals surface area contributed by atoms with Crippen molar-refractivity contribution in [2.75, 3.05) is 51.4 Å². The molecule has 0 radical (unpaired) electrons. The number of carbonyl (C=O) groups is 1. The van der Waals surface area contributed by atoms with Crippen LogP contribution < -0.4 is 9.64 Å². The molecule has 172 valence electrons. The molecular weight excluding hydrogens is 469 g/mol. The number of hydrogen-bond acceptors (Lipinski definition) is 6. The lowest BCUT2D eigenvalue weighted by atomic mass is 10.2. The monoisotopic (exact) mass is 495 g/mol. The maximum Gasteiger partial charge on any atom is 0.260 e. The quantitative estimate of drug-likeness (QED) is 0.458. The molecular formula is C23H27Cl2N3O3S. The fraction of sp³-hybridized carbons (Fsp3) is 0.391. The van der Waals surface area contributed by atoms with Crippen molar-refractivity contribution in [1.29, 1.82) is 0 Å². The van der Waals surface area contributed by atoms with Crippen LogP contribution >= 0.6 is 35.3 Å².